The van der Waals surface area contributed by atoms with E-state index in [-0.39, 0.29) is 17.8 Å². The molecule has 86 valence electrons. The summed E-state index contributed by atoms with van der Waals surface area (Å²) in [5.74, 6) is 0.219. The second-order valence-corrected chi connectivity index (χ2v) is 4.24. The number of rotatable bonds is 2. The molecule has 1 aliphatic rings. The number of anilines is 1. The van der Waals surface area contributed by atoms with Gasteiger partial charge >= 0.3 is 6.03 Å². The van der Waals surface area contributed by atoms with Crippen molar-refractivity contribution < 1.29 is 9.90 Å². The van der Waals surface area contributed by atoms with Gasteiger partial charge in [0.2, 0.25) is 0 Å². The molecule has 2 amide bonds. The van der Waals surface area contributed by atoms with Gasteiger partial charge in [0.05, 0.1) is 0 Å². The molecular weight excluding hydrogens is 204 g/mol. The largest absolute Gasteiger partial charge is 0.508 e. The average molecular weight is 220 g/mol. The fourth-order valence-corrected chi connectivity index (χ4v) is 1.91. The van der Waals surface area contributed by atoms with E-state index in [0.717, 1.165) is 12.2 Å². The van der Waals surface area contributed by atoms with Crippen LogP contribution in [0.1, 0.15) is 13.8 Å². The number of carbonyl (C=O) groups excluding carboxylic acids is 1. The highest BCUT2D eigenvalue weighted by molar-refractivity contribution is 5.94. The summed E-state index contributed by atoms with van der Waals surface area (Å²) in [5, 5.41) is 9.19. The number of aromatic hydroxyl groups is 1. The average Bonchev–Trinajstić information content (AvgIpc) is 2.61. The van der Waals surface area contributed by atoms with Crippen LogP contribution in [-0.4, -0.2) is 35.2 Å². The molecule has 0 atom stereocenters. The molecule has 1 heterocycles. The number of phenols is 1. The summed E-state index contributed by atoms with van der Waals surface area (Å²) in [5.41, 5.74) is 0.839. The van der Waals surface area contributed by atoms with Crippen LogP contribution in [0.3, 0.4) is 0 Å². The normalized spacial score (nSPS) is 16.3. The highest BCUT2D eigenvalue weighted by Crippen LogP contribution is 2.23. The van der Waals surface area contributed by atoms with Crippen LogP contribution in [0.15, 0.2) is 24.3 Å². The first-order valence-corrected chi connectivity index (χ1v) is 5.47. The van der Waals surface area contributed by atoms with Crippen molar-refractivity contribution in [2.24, 2.45) is 0 Å². The predicted octanol–water partition coefficient (Wildman–Crippen LogP) is 2.04. The van der Waals surface area contributed by atoms with Crippen molar-refractivity contribution in [3.63, 3.8) is 0 Å². The summed E-state index contributed by atoms with van der Waals surface area (Å²) >= 11 is 0. The predicted molar refractivity (Wildman–Crippen MR) is 62.7 cm³/mol. The van der Waals surface area contributed by atoms with Crippen LogP contribution in [0.2, 0.25) is 0 Å². The Hall–Kier alpha value is -1.71. The number of hydrogen-bond donors (Lipinski definition) is 1. The van der Waals surface area contributed by atoms with Crippen LogP contribution in [-0.2, 0) is 0 Å². The third-order valence-corrected chi connectivity index (χ3v) is 2.83. The Kier molecular flexibility index (Phi) is 2.73. The highest BCUT2D eigenvalue weighted by Gasteiger charge is 2.30. The number of urea groups is 1. The molecule has 1 N–H and O–H groups in total. The Bertz CT molecular complexity index is 387. The van der Waals surface area contributed by atoms with Crippen LogP contribution in [0.5, 0.6) is 5.75 Å². The van der Waals surface area contributed by atoms with Crippen molar-refractivity contribution in [3.05, 3.63) is 24.3 Å². The van der Waals surface area contributed by atoms with Gasteiger partial charge in [0.15, 0.2) is 0 Å². The van der Waals surface area contributed by atoms with Gasteiger partial charge < -0.3 is 10.0 Å². The quantitative estimate of drug-likeness (QED) is 0.828. The van der Waals surface area contributed by atoms with Gasteiger partial charge in [-0.2, -0.15) is 0 Å². The van der Waals surface area contributed by atoms with E-state index >= 15 is 0 Å². The van der Waals surface area contributed by atoms with Crippen LogP contribution in [0.25, 0.3) is 0 Å². The van der Waals surface area contributed by atoms with E-state index in [2.05, 4.69) is 0 Å². The van der Waals surface area contributed by atoms with Crippen molar-refractivity contribution in [2.45, 2.75) is 19.9 Å². The molecular formula is C12H16N2O2. The fourth-order valence-electron chi connectivity index (χ4n) is 1.91. The van der Waals surface area contributed by atoms with Gasteiger partial charge in [-0.15, -0.1) is 0 Å². The van der Waals surface area contributed by atoms with Crippen LogP contribution < -0.4 is 4.90 Å². The molecule has 0 radical (unpaired) electrons. The molecule has 1 fully saturated rings. The lowest BCUT2D eigenvalue weighted by atomic mass is 10.3. The minimum atomic E-state index is 0.0423. The first-order chi connectivity index (χ1) is 7.59. The van der Waals surface area contributed by atoms with Crippen molar-refractivity contribution in [1.82, 2.24) is 4.90 Å². The molecule has 0 unspecified atom stereocenters. The summed E-state index contributed by atoms with van der Waals surface area (Å²) in [6, 6.07) is 6.99. The minimum absolute atomic E-state index is 0.0423. The number of nitrogens with zero attached hydrogens (tertiary/aromatic N) is 2. The number of phenolic OH excluding ortho intramolecular Hbond substituents is 1. The standard InChI is InChI=1S/C12H16N2O2/c1-9(2)13-7-8-14(12(13)16)10-3-5-11(15)6-4-10/h3-6,9,15H,7-8H2,1-2H3. The van der Waals surface area contributed by atoms with E-state index in [1.165, 1.54) is 0 Å². The number of amides is 2. The zero-order valence-electron chi connectivity index (χ0n) is 9.55. The lowest BCUT2D eigenvalue weighted by Crippen LogP contribution is -2.36. The van der Waals surface area contributed by atoms with E-state index in [1.54, 1.807) is 29.2 Å². The van der Waals surface area contributed by atoms with Gasteiger partial charge in [0.25, 0.3) is 0 Å². The molecule has 1 saturated heterocycles. The molecule has 1 aromatic carbocycles. The summed E-state index contributed by atoms with van der Waals surface area (Å²) in [6.45, 7) is 5.50. The molecule has 16 heavy (non-hydrogen) atoms. The van der Waals surface area contributed by atoms with E-state index in [1.807, 2.05) is 18.7 Å². The second-order valence-electron chi connectivity index (χ2n) is 4.24. The third kappa shape index (κ3) is 1.83. The SMILES string of the molecule is CC(C)N1CCN(c2ccc(O)cc2)C1=O. The molecule has 4 nitrogen and oxygen atoms in total. The first-order valence-electron chi connectivity index (χ1n) is 5.47. The molecule has 1 aromatic rings. The third-order valence-electron chi connectivity index (χ3n) is 2.83. The number of benzene rings is 1. The van der Waals surface area contributed by atoms with E-state index in [9.17, 15) is 9.90 Å². The van der Waals surface area contributed by atoms with Gasteiger partial charge in [-0.25, -0.2) is 4.79 Å². The van der Waals surface area contributed by atoms with Crippen LogP contribution in [0, 0.1) is 0 Å². The van der Waals surface area contributed by atoms with Crippen molar-refractivity contribution in [2.75, 3.05) is 18.0 Å². The Morgan fingerprint density at radius 1 is 1.19 bits per heavy atom. The Balaban J connectivity index is 2.18. The van der Waals surface area contributed by atoms with Gasteiger partial charge in [-0.3, -0.25) is 4.90 Å². The first kappa shape index (κ1) is 10.8. The maximum Gasteiger partial charge on any atom is 0.324 e. The van der Waals surface area contributed by atoms with Crippen molar-refractivity contribution in [1.29, 1.82) is 0 Å². The topological polar surface area (TPSA) is 43.8 Å². The highest BCUT2D eigenvalue weighted by atomic mass is 16.3. The molecule has 0 aromatic heterocycles. The lowest BCUT2D eigenvalue weighted by Gasteiger charge is -2.21. The fraction of sp³-hybridized carbons (Fsp3) is 0.417. The molecule has 4 heteroatoms. The Morgan fingerprint density at radius 2 is 1.81 bits per heavy atom. The Morgan fingerprint density at radius 3 is 2.31 bits per heavy atom. The summed E-state index contributed by atoms with van der Waals surface area (Å²) in [7, 11) is 0. The van der Waals surface area contributed by atoms with Gasteiger partial charge in [0, 0.05) is 24.8 Å². The van der Waals surface area contributed by atoms with Crippen LogP contribution in [0.4, 0.5) is 10.5 Å². The van der Waals surface area contributed by atoms with E-state index in [4.69, 9.17) is 0 Å². The summed E-state index contributed by atoms with van der Waals surface area (Å²) in [6.07, 6.45) is 0. The second kappa shape index (κ2) is 4.04. The number of hydrogen-bond acceptors (Lipinski definition) is 2. The smallest absolute Gasteiger partial charge is 0.324 e. The van der Waals surface area contributed by atoms with Gasteiger partial charge in [-0.1, -0.05) is 0 Å². The maximum absolute atomic E-state index is 12.0. The molecule has 0 bridgehead atoms. The molecule has 2 rings (SSSR count). The Labute approximate surface area is 95.1 Å². The van der Waals surface area contributed by atoms with E-state index in [0.29, 0.717) is 6.54 Å². The minimum Gasteiger partial charge on any atom is -0.508 e. The molecule has 1 aliphatic heterocycles. The number of carbonyl (C=O) groups is 1. The van der Waals surface area contributed by atoms with E-state index < -0.39 is 0 Å². The van der Waals surface area contributed by atoms with Crippen molar-refractivity contribution >= 4 is 11.7 Å². The van der Waals surface area contributed by atoms with Crippen molar-refractivity contribution in [3.8, 4) is 5.75 Å². The molecule has 0 spiro atoms. The zero-order valence-corrected chi connectivity index (χ0v) is 9.55. The monoisotopic (exact) mass is 220 g/mol. The van der Waals surface area contributed by atoms with Gasteiger partial charge in [0.1, 0.15) is 5.75 Å². The van der Waals surface area contributed by atoms with Crippen LogP contribution >= 0.6 is 0 Å². The molecule has 0 aliphatic carbocycles. The van der Waals surface area contributed by atoms with Gasteiger partial charge in [-0.05, 0) is 38.1 Å². The molecule has 0 saturated carbocycles. The summed E-state index contributed by atoms with van der Waals surface area (Å²) in [4.78, 5) is 15.6. The maximum atomic E-state index is 12.0. The lowest BCUT2D eigenvalue weighted by molar-refractivity contribution is 0.209. The summed E-state index contributed by atoms with van der Waals surface area (Å²) < 4.78 is 0. The zero-order chi connectivity index (χ0) is 11.7.